The summed E-state index contributed by atoms with van der Waals surface area (Å²) in [6.07, 6.45) is 0.802. The van der Waals surface area contributed by atoms with Crippen molar-refractivity contribution >= 4 is 18.3 Å². The molecule has 0 spiro atoms. The van der Waals surface area contributed by atoms with Crippen molar-refractivity contribution in [3.05, 3.63) is 0 Å². The monoisotopic (exact) mass is 192 g/mol. The van der Waals surface area contributed by atoms with Crippen molar-refractivity contribution < 1.29 is 4.79 Å². The first kappa shape index (κ1) is 11.7. The van der Waals surface area contributed by atoms with Crippen molar-refractivity contribution in [2.75, 3.05) is 6.54 Å². The minimum absolute atomic E-state index is 0. The lowest BCUT2D eigenvalue weighted by atomic mass is 10.1. The Balaban J connectivity index is 0.00000121. The van der Waals surface area contributed by atoms with Crippen LogP contribution in [0.3, 0.4) is 0 Å². The Morgan fingerprint density at radius 1 is 1.50 bits per heavy atom. The zero-order valence-corrected chi connectivity index (χ0v) is 8.65. The average Bonchev–Trinajstić information content (AvgIpc) is 2.11. The number of amides is 1. The average molecular weight is 193 g/mol. The van der Waals surface area contributed by atoms with Crippen LogP contribution < -0.4 is 5.73 Å². The fraction of sp³-hybridized carbons (Fsp3) is 0.875. The maximum atomic E-state index is 11.4. The molecule has 1 aliphatic heterocycles. The zero-order chi connectivity index (χ0) is 8.65. The SMILES string of the molecule is CC(C)(C)N1CC[C@H](N)C1=O.Cl. The summed E-state index contributed by atoms with van der Waals surface area (Å²) in [4.78, 5) is 13.2. The van der Waals surface area contributed by atoms with Gasteiger partial charge in [0.25, 0.3) is 0 Å². The normalized spacial score (nSPS) is 24.2. The molecule has 1 rings (SSSR count). The minimum Gasteiger partial charge on any atom is -0.336 e. The van der Waals surface area contributed by atoms with Gasteiger partial charge in [0.2, 0.25) is 5.91 Å². The van der Waals surface area contributed by atoms with E-state index in [0.29, 0.717) is 0 Å². The second-order valence-corrected chi connectivity index (χ2v) is 4.06. The Hall–Kier alpha value is -0.280. The molecule has 4 heteroatoms. The van der Waals surface area contributed by atoms with Gasteiger partial charge in [0.1, 0.15) is 0 Å². The highest BCUT2D eigenvalue weighted by Gasteiger charge is 2.35. The molecule has 2 N–H and O–H groups in total. The number of rotatable bonds is 0. The molecule has 1 aliphatic rings. The van der Waals surface area contributed by atoms with E-state index < -0.39 is 0 Å². The van der Waals surface area contributed by atoms with E-state index in [9.17, 15) is 4.79 Å². The van der Waals surface area contributed by atoms with E-state index in [1.165, 1.54) is 0 Å². The molecule has 0 aliphatic carbocycles. The Morgan fingerprint density at radius 3 is 2.17 bits per heavy atom. The number of likely N-dealkylation sites (tertiary alicyclic amines) is 1. The Labute approximate surface area is 79.7 Å². The van der Waals surface area contributed by atoms with Crippen LogP contribution >= 0.6 is 12.4 Å². The molecule has 0 aromatic heterocycles. The predicted octanol–water partition coefficient (Wildman–Crippen LogP) is 0.766. The third-order valence-electron chi connectivity index (χ3n) is 2.06. The number of nitrogens with two attached hydrogens (primary N) is 1. The topological polar surface area (TPSA) is 46.3 Å². The lowest BCUT2D eigenvalue weighted by Crippen LogP contribution is -2.45. The first-order valence-corrected chi connectivity index (χ1v) is 4.00. The van der Waals surface area contributed by atoms with Crippen LogP contribution in [-0.4, -0.2) is 28.9 Å². The van der Waals surface area contributed by atoms with Gasteiger partial charge >= 0.3 is 0 Å². The number of hydrogen-bond acceptors (Lipinski definition) is 2. The third-order valence-corrected chi connectivity index (χ3v) is 2.06. The van der Waals surface area contributed by atoms with Gasteiger partial charge in [-0.05, 0) is 27.2 Å². The Morgan fingerprint density at radius 2 is 2.00 bits per heavy atom. The third kappa shape index (κ3) is 2.11. The van der Waals surface area contributed by atoms with Crippen molar-refractivity contribution in [2.45, 2.75) is 38.8 Å². The highest BCUT2D eigenvalue weighted by molar-refractivity contribution is 5.85. The van der Waals surface area contributed by atoms with Gasteiger partial charge in [0.15, 0.2) is 0 Å². The van der Waals surface area contributed by atoms with Crippen LogP contribution in [0.25, 0.3) is 0 Å². The molecule has 0 saturated carbocycles. The summed E-state index contributed by atoms with van der Waals surface area (Å²) in [5.41, 5.74) is 5.51. The summed E-state index contributed by atoms with van der Waals surface area (Å²) in [5.74, 6) is 0.0949. The van der Waals surface area contributed by atoms with Gasteiger partial charge in [-0.3, -0.25) is 4.79 Å². The molecule has 0 aromatic carbocycles. The van der Waals surface area contributed by atoms with E-state index in [2.05, 4.69) is 0 Å². The van der Waals surface area contributed by atoms with Crippen molar-refractivity contribution in [1.82, 2.24) is 4.90 Å². The van der Waals surface area contributed by atoms with E-state index in [4.69, 9.17) is 5.73 Å². The molecule has 1 heterocycles. The highest BCUT2D eigenvalue weighted by Crippen LogP contribution is 2.20. The van der Waals surface area contributed by atoms with Crippen molar-refractivity contribution in [2.24, 2.45) is 5.73 Å². The minimum atomic E-state index is -0.255. The van der Waals surface area contributed by atoms with Crippen molar-refractivity contribution in [1.29, 1.82) is 0 Å². The number of carbonyl (C=O) groups is 1. The quantitative estimate of drug-likeness (QED) is 0.616. The van der Waals surface area contributed by atoms with Crippen LogP contribution in [0.15, 0.2) is 0 Å². The molecule has 0 radical (unpaired) electrons. The Bertz CT molecular complexity index is 176. The molecule has 0 aromatic rings. The van der Waals surface area contributed by atoms with E-state index in [1.807, 2.05) is 25.7 Å². The lowest BCUT2D eigenvalue weighted by molar-refractivity contribution is -0.132. The first-order valence-electron chi connectivity index (χ1n) is 4.00. The highest BCUT2D eigenvalue weighted by atomic mass is 35.5. The van der Waals surface area contributed by atoms with Gasteiger partial charge in [0.05, 0.1) is 6.04 Å². The van der Waals surface area contributed by atoms with Crippen LogP contribution in [-0.2, 0) is 4.79 Å². The second-order valence-electron chi connectivity index (χ2n) is 4.06. The molecule has 12 heavy (non-hydrogen) atoms. The van der Waals surface area contributed by atoms with E-state index in [0.717, 1.165) is 13.0 Å². The molecule has 0 bridgehead atoms. The fourth-order valence-electron chi connectivity index (χ4n) is 1.37. The zero-order valence-electron chi connectivity index (χ0n) is 7.83. The number of halogens is 1. The van der Waals surface area contributed by atoms with Crippen molar-refractivity contribution in [3.63, 3.8) is 0 Å². The standard InChI is InChI=1S/C8H16N2O.ClH/c1-8(2,3)10-5-4-6(9)7(10)11;/h6H,4-5,9H2,1-3H3;1H/t6-;/m0./s1. The van der Waals surface area contributed by atoms with Gasteiger partial charge in [-0.2, -0.15) is 0 Å². The van der Waals surface area contributed by atoms with E-state index in [-0.39, 0.29) is 29.9 Å². The van der Waals surface area contributed by atoms with Crippen LogP contribution in [0, 0.1) is 0 Å². The molecule has 1 atom stereocenters. The molecule has 72 valence electrons. The molecule has 0 unspecified atom stereocenters. The van der Waals surface area contributed by atoms with Gasteiger partial charge in [-0.1, -0.05) is 0 Å². The fourth-order valence-corrected chi connectivity index (χ4v) is 1.37. The first-order chi connectivity index (χ1) is 4.93. The van der Waals surface area contributed by atoms with Gasteiger partial charge in [-0.25, -0.2) is 0 Å². The van der Waals surface area contributed by atoms with Gasteiger partial charge in [0, 0.05) is 12.1 Å². The molecule has 1 amide bonds. The predicted molar refractivity (Wildman–Crippen MR) is 51.3 cm³/mol. The summed E-state index contributed by atoms with van der Waals surface area (Å²) in [6.45, 7) is 6.90. The maximum Gasteiger partial charge on any atom is 0.239 e. The summed E-state index contributed by atoms with van der Waals surface area (Å²) in [5, 5.41) is 0. The Kier molecular flexibility index (Phi) is 3.54. The maximum absolute atomic E-state index is 11.4. The number of nitrogens with zero attached hydrogens (tertiary/aromatic N) is 1. The summed E-state index contributed by atoms with van der Waals surface area (Å²) in [7, 11) is 0. The molecule has 3 nitrogen and oxygen atoms in total. The largest absolute Gasteiger partial charge is 0.336 e. The van der Waals surface area contributed by atoms with Crippen LogP contribution in [0.1, 0.15) is 27.2 Å². The number of hydrogen-bond donors (Lipinski definition) is 1. The lowest BCUT2D eigenvalue weighted by Gasteiger charge is -2.31. The summed E-state index contributed by atoms with van der Waals surface area (Å²) in [6, 6.07) is -0.255. The smallest absolute Gasteiger partial charge is 0.239 e. The molecular weight excluding hydrogens is 176 g/mol. The van der Waals surface area contributed by atoms with Crippen LogP contribution in [0.4, 0.5) is 0 Å². The number of carbonyl (C=O) groups excluding carboxylic acids is 1. The summed E-state index contributed by atoms with van der Waals surface area (Å²) >= 11 is 0. The van der Waals surface area contributed by atoms with Gasteiger partial charge in [-0.15, -0.1) is 12.4 Å². The van der Waals surface area contributed by atoms with Crippen molar-refractivity contribution in [3.8, 4) is 0 Å². The molecular formula is C8H17ClN2O. The van der Waals surface area contributed by atoms with E-state index >= 15 is 0 Å². The second kappa shape index (κ2) is 3.62. The van der Waals surface area contributed by atoms with Gasteiger partial charge < -0.3 is 10.6 Å². The van der Waals surface area contributed by atoms with Crippen LogP contribution in [0.2, 0.25) is 0 Å². The van der Waals surface area contributed by atoms with E-state index in [1.54, 1.807) is 0 Å². The molecule has 1 saturated heterocycles. The summed E-state index contributed by atoms with van der Waals surface area (Å²) < 4.78 is 0. The molecule has 1 fully saturated rings. The van der Waals surface area contributed by atoms with Crippen LogP contribution in [0.5, 0.6) is 0 Å².